The number of ether oxygens (including phenoxy) is 1. The molecule has 2 aromatic rings. The van der Waals surface area contributed by atoms with E-state index < -0.39 is 0 Å². The van der Waals surface area contributed by atoms with E-state index in [-0.39, 0.29) is 17.7 Å². The molecule has 3 rings (SSSR count). The monoisotopic (exact) mass is 463 g/mol. The Balaban J connectivity index is 1.55. The molecule has 0 aliphatic carbocycles. The summed E-state index contributed by atoms with van der Waals surface area (Å²) in [6, 6.07) is 12.5. The van der Waals surface area contributed by atoms with Crippen LogP contribution >= 0.6 is 23.2 Å². The number of piperidine rings is 1. The van der Waals surface area contributed by atoms with Crippen molar-refractivity contribution >= 4 is 40.7 Å². The number of benzene rings is 2. The lowest BCUT2D eigenvalue weighted by Crippen LogP contribution is -2.38. The highest BCUT2D eigenvalue weighted by atomic mass is 35.5. The molecule has 2 aromatic carbocycles. The van der Waals surface area contributed by atoms with Crippen LogP contribution < -0.4 is 10.6 Å². The lowest BCUT2D eigenvalue weighted by atomic mass is 9.95. The van der Waals surface area contributed by atoms with Crippen LogP contribution in [0.2, 0.25) is 10.0 Å². The second-order valence-corrected chi connectivity index (χ2v) is 8.35. The summed E-state index contributed by atoms with van der Waals surface area (Å²) in [7, 11) is 1.58. The van der Waals surface area contributed by atoms with Crippen molar-refractivity contribution < 1.29 is 14.3 Å². The van der Waals surface area contributed by atoms with Crippen molar-refractivity contribution in [2.75, 3.05) is 38.7 Å². The van der Waals surface area contributed by atoms with Crippen LogP contribution in [-0.2, 0) is 16.1 Å². The summed E-state index contributed by atoms with van der Waals surface area (Å²) in [6.07, 6.45) is 1.46. The van der Waals surface area contributed by atoms with Gasteiger partial charge in [0.05, 0.1) is 17.9 Å². The number of nitrogens with one attached hydrogen (secondary N) is 2. The van der Waals surface area contributed by atoms with E-state index in [1.54, 1.807) is 31.4 Å². The number of carbonyl (C=O) groups is 2. The molecule has 166 valence electrons. The van der Waals surface area contributed by atoms with Crippen LogP contribution in [0.25, 0.3) is 0 Å². The Bertz CT molecular complexity index is 894. The molecule has 1 heterocycles. The number of halogens is 2. The van der Waals surface area contributed by atoms with E-state index in [9.17, 15) is 9.59 Å². The second kappa shape index (κ2) is 11.5. The molecular formula is C23H27Cl2N3O3. The molecule has 0 unspecified atom stereocenters. The molecule has 2 amide bonds. The Hall–Kier alpha value is -2.12. The summed E-state index contributed by atoms with van der Waals surface area (Å²) in [5.74, 6) is -0.408. The van der Waals surface area contributed by atoms with E-state index in [0.29, 0.717) is 41.0 Å². The Morgan fingerprint density at radius 2 is 1.74 bits per heavy atom. The molecule has 0 atom stereocenters. The zero-order chi connectivity index (χ0) is 22.2. The predicted molar refractivity (Wildman–Crippen MR) is 124 cm³/mol. The number of likely N-dealkylation sites (tertiary alicyclic amines) is 1. The van der Waals surface area contributed by atoms with Gasteiger partial charge in [-0.3, -0.25) is 14.5 Å². The van der Waals surface area contributed by atoms with Crippen molar-refractivity contribution in [3.63, 3.8) is 0 Å². The Morgan fingerprint density at radius 1 is 1.06 bits per heavy atom. The van der Waals surface area contributed by atoms with E-state index in [4.69, 9.17) is 27.9 Å². The SMILES string of the molecule is COCCNC(=O)c1ccccc1NC(=O)C1CCN(Cc2c(Cl)cccc2Cl)CC1. The van der Waals surface area contributed by atoms with Gasteiger partial charge in [-0.15, -0.1) is 0 Å². The number of para-hydroxylation sites is 1. The highest BCUT2D eigenvalue weighted by Crippen LogP contribution is 2.28. The number of nitrogens with zero attached hydrogens (tertiary/aromatic N) is 1. The number of anilines is 1. The maximum atomic E-state index is 12.9. The van der Waals surface area contributed by atoms with Gasteiger partial charge in [-0.05, 0) is 50.2 Å². The molecule has 0 radical (unpaired) electrons. The summed E-state index contributed by atoms with van der Waals surface area (Å²) < 4.78 is 4.96. The van der Waals surface area contributed by atoms with E-state index in [0.717, 1.165) is 31.5 Å². The average Bonchev–Trinajstić information content (AvgIpc) is 2.77. The van der Waals surface area contributed by atoms with Crippen LogP contribution in [0.4, 0.5) is 5.69 Å². The number of methoxy groups -OCH3 is 1. The number of rotatable bonds is 8. The summed E-state index contributed by atoms with van der Waals surface area (Å²) in [5.41, 5.74) is 1.88. The third-order valence-electron chi connectivity index (χ3n) is 5.42. The minimum absolute atomic E-state index is 0.0624. The third-order valence-corrected chi connectivity index (χ3v) is 6.13. The minimum atomic E-state index is -0.237. The zero-order valence-electron chi connectivity index (χ0n) is 17.5. The fraction of sp³-hybridized carbons (Fsp3) is 0.391. The van der Waals surface area contributed by atoms with Crippen LogP contribution in [-0.4, -0.2) is 50.1 Å². The Labute approximate surface area is 192 Å². The third kappa shape index (κ3) is 6.43. The molecule has 0 saturated carbocycles. The van der Waals surface area contributed by atoms with Crippen molar-refractivity contribution in [2.24, 2.45) is 5.92 Å². The first-order chi connectivity index (χ1) is 15.0. The van der Waals surface area contributed by atoms with Gasteiger partial charge in [0, 0.05) is 41.7 Å². The second-order valence-electron chi connectivity index (χ2n) is 7.53. The van der Waals surface area contributed by atoms with Crippen LogP contribution in [0.3, 0.4) is 0 Å². The van der Waals surface area contributed by atoms with E-state index >= 15 is 0 Å². The maximum absolute atomic E-state index is 12.9. The van der Waals surface area contributed by atoms with Gasteiger partial charge in [0.2, 0.25) is 5.91 Å². The first kappa shape index (κ1) is 23.5. The fourth-order valence-electron chi connectivity index (χ4n) is 3.65. The van der Waals surface area contributed by atoms with Gasteiger partial charge in [-0.25, -0.2) is 0 Å². The normalized spacial score (nSPS) is 14.9. The molecule has 1 fully saturated rings. The van der Waals surface area contributed by atoms with Gasteiger partial charge in [0.25, 0.3) is 5.91 Å². The maximum Gasteiger partial charge on any atom is 0.253 e. The van der Waals surface area contributed by atoms with Crippen LogP contribution in [0.1, 0.15) is 28.8 Å². The summed E-state index contributed by atoms with van der Waals surface area (Å²) in [5, 5.41) is 7.05. The standard InChI is InChI=1S/C23H27Cl2N3O3/c1-31-14-11-26-23(30)17-5-2-3-8-21(17)27-22(29)16-9-12-28(13-10-16)15-18-19(24)6-4-7-20(18)25/h2-8,16H,9-15H2,1H3,(H,26,30)(H,27,29). The molecule has 0 bridgehead atoms. The molecule has 1 aliphatic heterocycles. The van der Waals surface area contributed by atoms with Gasteiger partial charge in [-0.1, -0.05) is 41.4 Å². The van der Waals surface area contributed by atoms with Gasteiger partial charge < -0.3 is 15.4 Å². The van der Waals surface area contributed by atoms with Crippen molar-refractivity contribution in [1.82, 2.24) is 10.2 Å². The quantitative estimate of drug-likeness (QED) is 0.574. The zero-order valence-corrected chi connectivity index (χ0v) is 19.0. The molecule has 6 nitrogen and oxygen atoms in total. The summed E-state index contributed by atoms with van der Waals surface area (Å²) in [4.78, 5) is 27.5. The Morgan fingerprint density at radius 3 is 2.42 bits per heavy atom. The number of amides is 2. The van der Waals surface area contributed by atoms with Crippen molar-refractivity contribution in [2.45, 2.75) is 19.4 Å². The summed E-state index contributed by atoms with van der Waals surface area (Å²) >= 11 is 12.6. The van der Waals surface area contributed by atoms with Gasteiger partial charge in [-0.2, -0.15) is 0 Å². The smallest absolute Gasteiger partial charge is 0.253 e. The highest BCUT2D eigenvalue weighted by molar-refractivity contribution is 6.35. The highest BCUT2D eigenvalue weighted by Gasteiger charge is 2.26. The first-order valence-corrected chi connectivity index (χ1v) is 11.1. The molecular weight excluding hydrogens is 437 g/mol. The van der Waals surface area contributed by atoms with Crippen molar-refractivity contribution in [3.8, 4) is 0 Å². The largest absolute Gasteiger partial charge is 0.383 e. The van der Waals surface area contributed by atoms with Crippen LogP contribution in [0, 0.1) is 5.92 Å². The van der Waals surface area contributed by atoms with Gasteiger partial charge in [0.1, 0.15) is 0 Å². The molecule has 8 heteroatoms. The van der Waals surface area contributed by atoms with Crippen molar-refractivity contribution in [3.05, 3.63) is 63.6 Å². The number of hydrogen-bond donors (Lipinski definition) is 2. The molecule has 2 N–H and O–H groups in total. The van der Waals surface area contributed by atoms with Gasteiger partial charge >= 0.3 is 0 Å². The lowest BCUT2D eigenvalue weighted by molar-refractivity contribution is -0.121. The molecule has 1 saturated heterocycles. The van der Waals surface area contributed by atoms with Crippen LogP contribution in [0.5, 0.6) is 0 Å². The van der Waals surface area contributed by atoms with E-state index in [2.05, 4.69) is 15.5 Å². The molecule has 0 aromatic heterocycles. The van der Waals surface area contributed by atoms with Gasteiger partial charge in [0.15, 0.2) is 0 Å². The first-order valence-electron chi connectivity index (χ1n) is 10.3. The van der Waals surface area contributed by atoms with E-state index in [1.165, 1.54) is 0 Å². The number of hydrogen-bond acceptors (Lipinski definition) is 4. The fourth-order valence-corrected chi connectivity index (χ4v) is 4.16. The topological polar surface area (TPSA) is 70.7 Å². The summed E-state index contributed by atoms with van der Waals surface area (Å²) in [6.45, 7) is 3.05. The van der Waals surface area contributed by atoms with Crippen molar-refractivity contribution in [1.29, 1.82) is 0 Å². The lowest BCUT2D eigenvalue weighted by Gasteiger charge is -2.31. The average molecular weight is 464 g/mol. The minimum Gasteiger partial charge on any atom is -0.383 e. The molecule has 31 heavy (non-hydrogen) atoms. The Kier molecular flexibility index (Phi) is 8.72. The van der Waals surface area contributed by atoms with Crippen LogP contribution in [0.15, 0.2) is 42.5 Å². The molecule has 1 aliphatic rings. The molecule has 0 spiro atoms. The predicted octanol–water partition coefficient (Wildman–Crippen LogP) is 4.22. The van der Waals surface area contributed by atoms with E-state index in [1.807, 2.05) is 18.2 Å². The number of carbonyl (C=O) groups excluding carboxylic acids is 2.